The van der Waals surface area contributed by atoms with Gasteiger partial charge in [-0.25, -0.2) is 0 Å². The summed E-state index contributed by atoms with van der Waals surface area (Å²) in [5, 5.41) is 0.926. The van der Waals surface area contributed by atoms with E-state index in [0.717, 1.165) is 5.25 Å². The van der Waals surface area contributed by atoms with Crippen LogP contribution >= 0.6 is 11.8 Å². The first-order chi connectivity index (χ1) is 6.74. The molecule has 1 fully saturated rings. The van der Waals surface area contributed by atoms with Crippen molar-refractivity contribution in [3.05, 3.63) is 0 Å². The van der Waals surface area contributed by atoms with E-state index in [1.54, 1.807) is 0 Å². The van der Waals surface area contributed by atoms with E-state index in [1.165, 1.54) is 44.3 Å². The SMILES string of the molecule is CCCC(C)C(N)CSC1CCCC1. The molecule has 0 spiro atoms. The average Bonchev–Trinajstić information content (AvgIpc) is 2.67. The highest BCUT2D eigenvalue weighted by Gasteiger charge is 2.18. The van der Waals surface area contributed by atoms with Crippen LogP contribution in [0.15, 0.2) is 0 Å². The molecule has 0 aromatic carbocycles. The van der Waals surface area contributed by atoms with E-state index in [2.05, 4.69) is 25.6 Å². The minimum atomic E-state index is 0.417. The Kier molecular flexibility index (Phi) is 5.95. The molecule has 0 bridgehead atoms. The fourth-order valence-electron chi connectivity index (χ4n) is 2.14. The third kappa shape index (κ3) is 4.22. The average molecular weight is 215 g/mol. The van der Waals surface area contributed by atoms with Crippen molar-refractivity contribution < 1.29 is 0 Å². The van der Waals surface area contributed by atoms with Crippen LogP contribution in [0, 0.1) is 5.92 Å². The lowest BCUT2D eigenvalue weighted by Gasteiger charge is -2.20. The van der Waals surface area contributed by atoms with Gasteiger partial charge in [0.05, 0.1) is 0 Å². The van der Waals surface area contributed by atoms with Gasteiger partial charge in [0, 0.05) is 17.0 Å². The van der Waals surface area contributed by atoms with Gasteiger partial charge in [-0.3, -0.25) is 0 Å². The van der Waals surface area contributed by atoms with Crippen molar-refractivity contribution in [1.29, 1.82) is 0 Å². The van der Waals surface area contributed by atoms with E-state index < -0.39 is 0 Å². The Morgan fingerprint density at radius 3 is 2.57 bits per heavy atom. The number of nitrogens with two attached hydrogens (primary N) is 1. The molecular formula is C12H25NS. The standard InChI is InChI=1S/C12H25NS/c1-3-6-10(2)12(13)9-14-11-7-4-5-8-11/h10-12H,3-9,13H2,1-2H3. The molecule has 2 N–H and O–H groups in total. The van der Waals surface area contributed by atoms with Crippen LogP contribution in [-0.2, 0) is 0 Å². The topological polar surface area (TPSA) is 26.0 Å². The van der Waals surface area contributed by atoms with Crippen molar-refractivity contribution in [2.45, 2.75) is 63.7 Å². The third-order valence-electron chi connectivity index (χ3n) is 3.30. The van der Waals surface area contributed by atoms with E-state index in [-0.39, 0.29) is 0 Å². The van der Waals surface area contributed by atoms with E-state index >= 15 is 0 Å². The largest absolute Gasteiger partial charge is 0.327 e. The van der Waals surface area contributed by atoms with Crippen molar-refractivity contribution in [2.24, 2.45) is 11.7 Å². The molecule has 1 saturated carbocycles. The van der Waals surface area contributed by atoms with Crippen molar-refractivity contribution in [2.75, 3.05) is 5.75 Å². The molecule has 0 aromatic rings. The van der Waals surface area contributed by atoms with Crippen LogP contribution in [0.25, 0.3) is 0 Å². The maximum Gasteiger partial charge on any atom is 0.0156 e. The number of rotatable bonds is 6. The van der Waals surface area contributed by atoms with Crippen LogP contribution in [-0.4, -0.2) is 17.0 Å². The summed E-state index contributed by atoms with van der Waals surface area (Å²) in [5.74, 6) is 1.88. The summed E-state index contributed by atoms with van der Waals surface area (Å²) in [6.07, 6.45) is 8.29. The zero-order valence-electron chi connectivity index (χ0n) is 9.67. The van der Waals surface area contributed by atoms with Crippen LogP contribution in [0.2, 0.25) is 0 Å². The number of thioether (sulfide) groups is 1. The van der Waals surface area contributed by atoms with Crippen molar-refractivity contribution in [1.82, 2.24) is 0 Å². The molecule has 2 atom stereocenters. The van der Waals surface area contributed by atoms with Gasteiger partial charge in [-0.2, -0.15) is 11.8 Å². The van der Waals surface area contributed by atoms with Crippen LogP contribution in [0.5, 0.6) is 0 Å². The highest BCUT2D eigenvalue weighted by atomic mass is 32.2. The molecule has 1 aliphatic rings. The Balaban J connectivity index is 2.09. The fourth-order valence-corrected chi connectivity index (χ4v) is 3.63. The summed E-state index contributed by atoms with van der Waals surface area (Å²) in [7, 11) is 0. The zero-order valence-corrected chi connectivity index (χ0v) is 10.5. The van der Waals surface area contributed by atoms with Gasteiger partial charge in [-0.15, -0.1) is 0 Å². The third-order valence-corrected chi connectivity index (χ3v) is 4.82. The number of hydrogen-bond acceptors (Lipinski definition) is 2. The molecule has 0 aromatic heterocycles. The Labute approximate surface area is 93.2 Å². The normalized spacial score (nSPS) is 22.5. The van der Waals surface area contributed by atoms with Gasteiger partial charge in [0.2, 0.25) is 0 Å². The maximum absolute atomic E-state index is 6.16. The summed E-state index contributed by atoms with van der Waals surface area (Å²) < 4.78 is 0. The highest BCUT2D eigenvalue weighted by Crippen LogP contribution is 2.30. The first-order valence-electron chi connectivity index (χ1n) is 6.11. The summed E-state index contributed by atoms with van der Waals surface area (Å²) >= 11 is 2.12. The molecule has 2 unspecified atom stereocenters. The Hall–Kier alpha value is 0.310. The smallest absolute Gasteiger partial charge is 0.0156 e. The van der Waals surface area contributed by atoms with E-state index in [9.17, 15) is 0 Å². The lowest BCUT2D eigenvalue weighted by Crippen LogP contribution is -2.31. The second kappa shape index (κ2) is 6.73. The van der Waals surface area contributed by atoms with Gasteiger partial charge in [-0.05, 0) is 25.2 Å². The van der Waals surface area contributed by atoms with Gasteiger partial charge in [0.1, 0.15) is 0 Å². The Morgan fingerprint density at radius 1 is 1.36 bits per heavy atom. The summed E-state index contributed by atoms with van der Waals surface area (Å²) in [6.45, 7) is 4.54. The van der Waals surface area contributed by atoms with Crippen molar-refractivity contribution >= 4 is 11.8 Å². The Bertz CT molecular complexity index is 143. The lowest BCUT2D eigenvalue weighted by molar-refractivity contribution is 0.450. The minimum Gasteiger partial charge on any atom is -0.327 e. The number of hydrogen-bond donors (Lipinski definition) is 1. The molecule has 84 valence electrons. The van der Waals surface area contributed by atoms with E-state index in [1.807, 2.05) is 0 Å². The van der Waals surface area contributed by atoms with Gasteiger partial charge >= 0.3 is 0 Å². The molecule has 1 rings (SSSR count). The highest BCUT2D eigenvalue weighted by molar-refractivity contribution is 7.99. The molecular weight excluding hydrogens is 190 g/mol. The molecule has 1 nitrogen and oxygen atoms in total. The first kappa shape index (κ1) is 12.4. The fraction of sp³-hybridized carbons (Fsp3) is 1.00. The molecule has 14 heavy (non-hydrogen) atoms. The van der Waals surface area contributed by atoms with Gasteiger partial charge in [-0.1, -0.05) is 33.1 Å². The Morgan fingerprint density at radius 2 is 2.00 bits per heavy atom. The summed E-state index contributed by atoms with van der Waals surface area (Å²) in [6, 6.07) is 0.417. The van der Waals surface area contributed by atoms with Crippen LogP contribution < -0.4 is 5.73 Å². The predicted molar refractivity (Wildman–Crippen MR) is 66.8 cm³/mol. The molecule has 0 amide bonds. The van der Waals surface area contributed by atoms with Gasteiger partial charge < -0.3 is 5.73 Å². The molecule has 0 saturated heterocycles. The summed E-state index contributed by atoms with van der Waals surface area (Å²) in [5.41, 5.74) is 6.16. The molecule has 0 aliphatic heterocycles. The summed E-state index contributed by atoms with van der Waals surface area (Å²) in [4.78, 5) is 0. The second-order valence-corrected chi connectivity index (χ2v) is 6.00. The van der Waals surface area contributed by atoms with E-state index in [0.29, 0.717) is 12.0 Å². The second-order valence-electron chi connectivity index (χ2n) is 4.67. The van der Waals surface area contributed by atoms with Gasteiger partial charge in [0.15, 0.2) is 0 Å². The maximum atomic E-state index is 6.16. The van der Waals surface area contributed by atoms with Crippen LogP contribution in [0.1, 0.15) is 52.4 Å². The van der Waals surface area contributed by atoms with Crippen LogP contribution in [0.3, 0.4) is 0 Å². The lowest BCUT2D eigenvalue weighted by atomic mass is 9.99. The molecule has 2 heteroatoms. The zero-order chi connectivity index (χ0) is 10.4. The van der Waals surface area contributed by atoms with Crippen molar-refractivity contribution in [3.63, 3.8) is 0 Å². The monoisotopic (exact) mass is 215 g/mol. The first-order valence-corrected chi connectivity index (χ1v) is 7.16. The minimum absolute atomic E-state index is 0.417. The van der Waals surface area contributed by atoms with Crippen molar-refractivity contribution in [3.8, 4) is 0 Å². The van der Waals surface area contributed by atoms with E-state index in [4.69, 9.17) is 5.73 Å². The molecule has 1 aliphatic carbocycles. The van der Waals surface area contributed by atoms with Crippen LogP contribution in [0.4, 0.5) is 0 Å². The predicted octanol–water partition coefficient (Wildman–Crippen LogP) is 3.43. The van der Waals surface area contributed by atoms with Gasteiger partial charge in [0.25, 0.3) is 0 Å². The molecule has 0 radical (unpaired) electrons. The quantitative estimate of drug-likeness (QED) is 0.734. The molecule has 0 heterocycles.